The van der Waals surface area contributed by atoms with Gasteiger partial charge in [-0.05, 0) is 18.2 Å². The molecule has 0 saturated heterocycles. The van der Waals surface area contributed by atoms with Crippen LogP contribution in [0.15, 0.2) is 18.2 Å². The van der Waals surface area contributed by atoms with Gasteiger partial charge in [-0.1, -0.05) is 12.2 Å². The average molecular weight is 299 g/mol. The number of alkyl halides is 3. The predicted octanol–water partition coefficient (Wildman–Crippen LogP) is 0.955. The largest absolute Gasteiger partial charge is 0.417 e. The first-order valence-corrected chi connectivity index (χ1v) is 6.28. The van der Waals surface area contributed by atoms with Crippen molar-refractivity contribution in [1.29, 1.82) is 0 Å². The van der Waals surface area contributed by atoms with E-state index >= 15 is 0 Å². The maximum absolute atomic E-state index is 12.7. The summed E-state index contributed by atoms with van der Waals surface area (Å²) >= 11 is 4.49. The van der Waals surface area contributed by atoms with E-state index in [9.17, 15) is 21.6 Å². The number of nitrogens with one attached hydrogen (secondary N) is 1. The zero-order valence-electron chi connectivity index (χ0n) is 8.65. The van der Waals surface area contributed by atoms with Crippen LogP contribution in [0, 0.1) is 0 Å². The molecule has 1 aromatic carbocycles. The molecule has 0 spiro atoms. The first-order valence-electron chi connectivity index (χ1n) is 4.32. The van der Waals surface area contributed by atoms with Gasteiger partial charge in [-0.3, -0.25) is 4.72 Å². The Bertz CT molecular complexity index is 584. The molecule has 0 atom stereocenters. The van der Waals surface area contributed by atoms with Crippen molar-refractivity contribution in [3.8, 4) is 0 Å². The molecule has 5 N–H and O–H groups in total. The minimum absolute atomic E-state index is 0.329. The third-order valence-electron chi connectivity index (χ3n) is 1.85. The lowest BCUT2D eigenvalue weighted by molar-refractivity contribution is -0.137. The molecule has 0 saturated carbocycles. The van der Waals surface area contributed by atoms with Gasteiger partial charge in [0.15, 0.2) is 0 Å². The monoisotopic (exact) mass is 299 g/mol. The van der Waals surface area contributed by atoms with Crippen LogP contribution >= 0.6 is 12.2 Å². The van der Waals surface area contributed by atoms with Gasteiger partial charge in [-0.15, -0.1) is 0 Å². The second-order valence-electron chi connectivity index (χ2n) is 3.27. The SMILES string of the molecule is NC(=S)c1ccc(NS(N)(=O)=O)cc1C(F)(F)F. The number of benzene rings is 1. The summed E-state index contributed by atoms with van der Waals surface area (Å²) in [6, 6.07) is 2.62. The lowest BCUT2D eigenvalue weighted by Gasteiger charge is -2.13. The van der Waals surface area contributed by atoms with E-state index in [-0.39, 0.29) is 5.69 Å². The van der Waals surface area contributed by atoms with Crippen molar-refractivity contribution in [3.05, 3.63) is 29.3 Å². The topological polar surface area (TPSA) is 98.2 Å². The Hall–Kier alpha value is -1.39. The molecule has 1 rings (SSSR count). The molecule has 0 aliphatic heterocycles. The van der Waals surface area contributed by atoms with Crippen molar-refractivity contribution in [2.24, 2.45) is 10.9 Å². The Kier molecular flexibility index (Phi) is 3.84. The molecule has 0 heterocycles. The lowest BCUT2D eigenvalue weighted by atomic mass is 10.1. The van der Waals surface area contributed by atoms with Gasteiger partial charge in [0.2, 0.25) is 0 Å². The summed E-state index contributed by atoms with van der Waals surface area (Å²) in [4.78, 5) is -0.440. The van der Waals surface area contributed by atoms with Gasteiger partial charge in [-0.25, -0.2) is 5.14 Å². The zero-order chi connectivity index (χ0) is 14.1. The van der Waals surface area contributed by atoms with Crippen molar-refractivity contribution in [3.63, 3.8) is 0 Å². The Balaban J connectivity index is 3.35. The third kappa shape index (κ3) is 3.82. The van der Waals surface area contributed by atoms with Crippen LogP contribution in [0.3, 0.4) is 0 Å². The third-order valence-corrected chi connectivity index (χ3v) is 2.59. The molecule has 18 heavy (non-hydrogen) atoms. The molecule has 0 fully saturated rings. The van der Waals surface area contributed by atoms with E-state index in [4.69, 9.17) is 5.73 Å². The van der Waals surface area contributed by atoms with E-state index in [1.54, 1.807) is 4.72 Å². The van der Waals surface area contributed by atoms with Gasteiger partial charge in [0.25, 0.3) is 10.2 Å². The number of anilines is 1. The van der Waals surface area contributed by atoms with Gasteiger partial charge in [0, 0.05) is 5.56 Å². The van der Waals surface area contributed by atoms with Crippen LogP contribution in [0.4, 0.5) is 18.9 Å². The van der Waals surface area contributed by atoms with Gasteiger partial charge in [0.05, 0.1) is 11.3 Å². The van der Waals surface area contributed by atoms with Crippen molar-refractivity contribution >= 4 is 33.1 Å². The Morgan fingerprint density at radius 1 is 1.33 bits per heavy atom. The summed E-state index contributed by atoms with van der Waals surface area (Å²) in [5.41, 5.74) is 3.30. The Labute approximate surface area is 106 Å². The molecule has 1 aromatic rings. The van der Waals surface area contributed by atoms with E-state index in [0.717, 1.165) is 12.1 Å². The molecule has 5 nitrogen and oxygen atoms in total. The summed E-state index contributed by atoms with van der Waals surface area (Å²) in [5, 5.41) is 4.65. The van der Waals surface area contributed by atoms with Crippen molar-refractivity contribution in [2.45, 2.75) is 6.18 Å². The second-order valence-corrected chi connectivity index (χ2v) is 5.00. The average Bonchev–Trinajstić information content (AvgIpc) is 2.13. The number of hydrogen-bond donors (Lipinski definition) is 3. The summed E-state index contributed by atoms with van der Waals surface area (Å²) in [7, 11) is -4.15. The number of nitrogens with two attached hydrogens (primary N) is 2. The molecule has 0 bridgehead atoms. The van der Waals surface area contributed by atoms with Gasteiger partial charge in [-0.2, -0.15) is 21.6 Å². The van der Waals surface area contributed by atoms with Gasteiger partial charge < -0.3 is 5.73 Å². The highest BCUT2D eigenvalue weighted by molar-refractivity contribution is 7.90. The van der Waals surface area contributed by atoms with Crippen LogP contribution in [-0.2, 0) is 16.4 Å². The fourth-order valence-corrected chi connectivity index (χ4v) is 1.85. The fraction of sp³-hybridized carbons (Fsp3) is 0.125. The molecular weight excluding hydrogens is 291 g/mol. The Morgan fingerprint density at radius 3 is 2.28 bits per heavy atom. The highest BCUT2D eigenvalue weighted by Gasteiger charge is 2.34. The number of hydrogen-bond acceptors (Lipinski definition) is 3. The maximum Gasteiger partial charge on any atom is 0.417 e. The van der Waals surface area contributed by atoms with Crippen LogP contribution in [0.1, 0.15) is 11.1 Å². The van der Waals surface area contributed by atoms with Crippen LogP contribution in [-0.4, -0.2) is 13.4 Å². The van der Waals surface area contributed by atoms with E-state index < -0.39 is 32.5 Å². The van der Waals surface area contributed by atoms with Crippen LogP contribution in [0.25, 0.3) is 0 Å². The molecule has 0 unspecified atom stereocenters. The summed E-state index contributed by atoms with van der Waals surface area (Å²) < 4.78 is 61.3. The molecule has 0 radical (unpaired) electrons. The minimum atomic E-state index is -4.71. The quantitative estimate of drug-likeness (QED) is 0.724. The molecule has 0 aliphatic carbocycles. The highest BCUT2D eigenvalue weighted by Crippen LogP contribution is 2.33. The predicted molar refractivity (Wildman–Crippen MR) is 64.1 cm³/mol. The molecule has 0 aliphatic rings. The summed E-state index contributed by atoms with van der Waals surface area (Å²) in [6.45, 7) is 0. The number of halogens is 3. The van der Waals surface area contributed by atoms with E-state index in [0.29, 0.717) is 6.07 Å². The highest BCUT2D eigenvalue weighted by atomic mass is 32.2. The lowest BCUT2D eigenvalue weighted by Crippen LogP contribution is -2.23. The maximum atomic E-state index is 12.7. The van der Waals surface area contributed by atoms with Crippen molar-refractivity contribution < 1.29 is 21.6 Å². The standard InChI is InChI=1S/C8H8F3N3O2S2/c9-8(10,11)6-3-4(14-18(13,15)16)1-2-5(6)7(12)17/h1-3,14H,(H2,12,17)(H2,13,15,16). The van der Waals surface area contributed by atoms with Crippen molar-refractivity contribution in [1.82, 2.24) is 0 Å². The fourth-order valence-electron chi connectivity index (χ4n) is 1.22. The van der Waals surface area contributed by atoms with E-state index in [1.807, 2.05) is 0 Å². The van der Waals surface area contributed by atoms with Crippen LogP contribution in [0.5, 0.6) is 0 Å². The van der Waals surface area contributed by atoms with Gasteiger partial charge in [0.1, 0.15) is 4.99 Å². The molecule has 10 heteroatoms. The molecule has 0 amide bonds. The Morgan fingerprint density at radius 2 is 1.89 bits per heavy atom. The second kappa shape index (κ2) is 4.71. The summed E-state index contributed by atoms with van der Waals surface area (Å²) in [6.07, 6.45) is -4.71. The van der Waals surface area contributed by atoms with Crippen LogP contribution < -0.4 is 15.6 Å². The van der Waals surface area contributed by atoms with Crippen molar-refractivity contribution in [2.75, 3.05) is 4.72 Å². The first-order chi connectivity index (χ1) is 8.00. The van der Waals surface area contributed by atoms with E-state index in [2.05, 4.69) is 17.4 Å². The molecule has 0 aromatic heterocycles. The zero-order valence-corrected chi connectivity index (χ0v) is 10.3. The molecular formula is C8H8F3N3O2S2. The first kappa shape index (κ1) is 14.7. The minimum Gasteiger partial charge on any atom is -0.389 e. The summed E-state index contributed by atoms with van der Waals surface area (Å²) in [5.74, 6) is 0. The van der Waals surface area contributed by atoms with Crippen LogP contribution in [0.2, 0.25) is 0 Å². The number of rotatable bonds is 3. The number of thiocarbonyl (C=S) groups is 1. The van der Waals surface area contributed by atoms with Gasteiger partial charge >= 0.3 is 6.18 Å². The van der Waals surface area contributed by atoms with E-state index in [1.165, 1.54) is 0 Å². The smallest absolute Gasteiger partial charge is 0.389 e. The molecule has 100 valence electrons. The normalized spacial score (nSPS) is 12.2.